The normalized spacial score (nSPS) is 17.9. The molecule has 0 aromatic carbocycles. The van der Waals surface area contributed by atoms with E-state index in [-0.39, 0.29) is 41.6 Å². The molecule has 1 aliphatic heterocycles. The predicted octanol–water partition coefficient (Wildman–Crippen LogP) is 3.11. The second-order valence-electron chi connectivity index (χ2n) is 10.7. The van der Waals surface area contributed by atoms with E-state index in [2.05, 4.69) is 10.4 Å². The summed E-state index contributed by atoms with van der Waals surface area (Å²) < 4.78 is 8.39. The number of likely N-dealkylation sites (tertiary alicyclic amines) is 1. The first kappa shape index (κ1) is 25.1. The average Bonchev–Trinajstić information content (AvgIpc) is 3.50. The van der Waals surface area contributed by atoms with Gasteiger partial charge in [0, 0.05) is 37.7 Å². The van der Waals surface area contributed by atoms with Crippen LogP contribution in [0.5, 0.6) is 5.88 Å². The molecule has 0 spiro atoms. The molecule has 192 valence electrons. The summed E-state index contributed by atoms with van der Waals surface area (Å²) in [4.78, 5) is 40.2. The molecule has 1 saturated heterocycles. The van der Waals surface area contributed by atoms with Gasteiger partial charge in [-0.2, -0.15) is 9.61 Å². The van der Waals surface area contributed by atoms with Crippen molar-refractivity contribution in [1.29, 1.82) is 0 Å². The van der Waals surface area contributed by atoms with Gasteiger partial charge in [-0.1, -0.05) is 27.7 Å². The number of piperidine rings is 1. The third kappa shape index (κ3) is 5.31. The lowest BCUT2D eigenvalue weighted by Crippen LogP contribution is -2.40. The fourth-order valence-electron chi connectivity index (χ4n) is 4.33. The number of nitrogens with one attached hydrogen (secondary N) is 1. The van der Waals surface area contributed by atoms with Gasteiger partial charge in [0.05, 0.1) is 5.69 Å². The van der Waals surface area contributed by atoms with Crippen molar-refractivity contribution in [3.63, 3.8) is 0 Å². The highest BCUT2D eigenvalue weighted by atomic mass is 16.6. The first-order valence-corrected chi connectivity index (χ1v) is 12.7. The standard InChI is InChI=1S/C25H37N5O5/c1-14(2)13-29-20-12-19(17-8-10-28(11-9-17)25(34)35-16(5)15(3)4)27-30(20)24(33)21(23(29)32)22(31)26-18-6-7-18/h12,14-18,33H,6-11,13H2,1-5H3,(H,26,31). The molecule has 2 aromatic rings. The van der Waals surface area contributed by atoms with Crippen molar-refractivity contribution in [3.05, 3.63) is 27.7 Å². The maximum atomic E-state index is 13.3. The Bertz CT molecular complexity index is 1160. The van der Waals surface area contributed by atoms with Gasteiger partial charge in [-0.05, 0) is 44.4 Å². The van der Waals surface area contributed by atoms with Gasteiger partial charge in [0.2, 0.25) is 5.88 Å². The van der Waals surface area contributed by atoms with Crippen LogP contribution < -0.4 is 10.9 Å². The molecule has 0 bridgehead atoms. The molecule has 0 radical (unpaired) electrons. The molecule has 2 fully saturated rings. The van der Waals surface area contributed by atoms with E-state index >= 15 is 0 Å². The molecule has 3 heterocycles. The fraction of sp³-hybridized carbons (Fsp3) is 0.680. The Kier molecular flexibility index (Phi) is 7.10. The number of fused-ring (bicyclic) bond motifs is 1. The highest BCUT2D eigenvalue weighted by Crippen LogP contribution is 2.30. The number of carbonyl (C=O) groups is 2. The number of aromatic nitrogens is 3. The topological polar surface area (TPSA) is 118 Å². The molecule has 2 N–H and O–H groups in total. The van der Waals surface area contributed by atoms with Crippen LogP contribution in [0.3, 0.4) is 0 Å². The number of hydrogen-bond donors (Lipinski definition) is 2. The Morgan fingerprint density at radius 1 is 1.14 bits per heavy atom. The zero-order chi connectivity index (χ0) is 25.4. The van der Waals surface area contributed by atoms with Crippen molar-refractivity contribution in [2.75, 3.05) is 13.1 Å². The summed E-state index contributed by atoms with van der Waals surface area (Å²) in [6.45, 7) is 11.4. The summed E-state index contributed by atoms with van der Waals surface area (Å²) in [5, 5.41) is 18.3. The maximum Gasteiger partial charge on any atom is 0.410 e. The summed E-state index contributed by atoms with van der Waals surface area (Å²) >= 11 is 0. The lowest BCUT2D eigenvalue weighted by molar-refractivity contribution is 0.0449. The molecule has 2 amide bonds. The second-order valence-corrected chi connectivity index (χ2v) is 10.7. The Morgan fingerprint density at radius 2 is 1.80 bits per heavy atom. The number of carbonyl (C=O) groups excluding carboxylic acids is 2. The minimum Gasteiger partial charge on any atom is -0.492 e. The molecule has 1 atom stereocenters. The molecule has 2 aromatic heterocycles. The Balaban J connectivity index is 1.59. The van der Waals surface area contributed by atoms with E-state index in [0.717, 1.165) is 18.5 Å². The molecule has 1 saturated carbocycles. The third-order valence-corrected chi connectivity index (χ3v) is 6.95. The molecule has 4 rings (SSSR count). The van der Waals surface area contributed by atoms with E-state index in [1.807, 2.05) is 40.7 Å². The number of ether oxygens (including phenoxy) is 1. The second kappa shape index (κ2) is 9.91. The first-order valence-electron chi connectivity index (χ1n) is 12.7. The van der Waals surface area contributed by atoms with Crippen LogP contribution in [0.1, 0.15) is 82.3 Å². The van der Waals surface area contributed by atoms with Crippen LogP contribution in [0, 0.1) is 11.8 Å². The van der Waals surface area contributed by atoms with E-state index in [0.29, 0.717) is 38.1 Å². The summed E-state index contributed by atoms with van der Waals surface area (Å²) in [6, 6.07) is 1.88. The Labute approximate surface area is 205 Å². The van der Waals surface area contributed by atoms with Crippen molar-refractivity contribution in [2.24, 2.45) is 11.8 Å². The van der Waals surface area contributed by atoms with Gasteiger partial charge in [-0.15, -0.1) is 0 Å². The van der Waals surface area contributed by atoms with Crippen molar-refractivity contribution >= 4 is 17.6 Å². The van der Waals surface area contributed by atoms with Gasteiger partial charge in [-0.3, -0.25) is 14.2 Å². The summed E-state index contributed by atoms with van der Waals surface area (Å²) in [5.74, 6) is -0.526. The van der Waals surface area contributed by atoms with Gasteiger partial charge in [0.15, 0.2) is 5.56 Å². The zero-order valence-electron chi connectivity index (χ0n) is 21.3. The van der Waals surface area contributed by atoms with E-state index in [1.165, 1.54) is 9.08 Å². The van der Waals surface area contributed by atoms with Crippen molar-refractivity contribution in [3.8, 4) is 5.88 Å². The third-order valence-electron chi connectivity index (χ3n) is 6.95. The van der Waals surface area contributed by atoms with E-state index in [1.54, 1.807) is 4.90 Å². The van der Waals surface area contributed by atoms with E-state index in [4.69, 9.17) is 4.74 Å². The van der Waals surface area contributed by atoms with Crippen molar-refractivity contribution in [2.45, 2.75) is 84.9 Å². The van der Waals surface area contributed by atoms with Crippen LogP contribution in [0.25, 0.3) is 5.65 Å². The monoisotopic (exact) mass is 487 g/mol. The Hall–Kier alpha value is -3.04. The number of hydrogen-bond acceptors (Lipinski definition) is 6. The minimum absolute atomic E-state index is 0.0594. The summed E-state index contributed by atoms with van der Waals surface area (Å²) in [7, 11) is 0. The van der Waals surface area contributed by atoms with Crippen molar-refractivity contribution < 1.29 is 19.4 Å². The maximum absolute atomic E-state index is 13.3. The van der Waals surface area contributed by atoms with Gasteiger partial charge >= 0.3 is 6.09 Å². The molecule has 35 heavy (non-hydrogen) atoms. The fourth-order valence-corrected chi connectivity index (χ4v) is 4.33. The van der Waals surface area contributed by atoms with Crippen LogP contribution >= 0.6 is 0 Å². The Morgan fingerprint density at radius 3 is 2.37 bits per heavy atom. The number of amides is 2. The number of aromatic hydroxyl groups is 1. The smallest absolute Gasteiger partial charge is 0.410 e. The quantitative estimate of drug-likeness (QED) is 0.620. The minimum atomic E-state index is -0.561. The van der Waals surface area contributed by atoms with Crippen LogP contribution in [0.4, 0.5) is 4.79 Å². The van der Waals surface area contributed by atoms with Crippen LogP contribution in [-0.2, 0) is 11.3 Å². The van der Waals surface area contributed by atoms with Gasteiger partial charge < -0.3 is 20.1 Å². The van der Waals surface area contributed by atoms with Gasteiger partial charge in [-0.25, -0.2) is 4.79 Å². The number of rotatable bonds is 7. The molecule has 2 aliphatic rings. The highest BCUT2D eigenvalue weighted by molar-refractivity contribution is 5.96. The first-order chi connectivity index (χ1) is 16.6. The van der Waals surface area contributed by atoms with E-state index in [9.17, 15) is 19.5 Å². The van der Waals surface area contributed by atoms with Crippen LogP contribution in [0.15, 0.2) is 10.9 Å². The molecule has 10 nitrogen and oxygen atoms in total. The van der Waals surface area contributed by atoms with Crippen LogP contribution in [-0.4, -0.2) is 61.4 Å². The largest absolute Gasteiger partial charge is 0.492 e. The van der Waals surface area contributed by atoms with Crippen LogP contribution in [0.2, 0.25) is 0 Å². The summed E-state index contributed by atoms with van der Waals surface area (Å²) in [6.07, 6.45) is 2.70. The SMILES string of the molecule is CC(C)Cn1c(=O)c(C(=O)NC2CC2)c(O)n2nc(C3CCN(C(=O)OC(C)C(C)C)CC3)cc12. The lowest BCUT2D eigenvalue weighted by Gasteiger charge is -2.31. The van der Waals surface area contributed by atoms with Gasteiger partial charge in [0.25, 0.3) is 11.5 Å². The molecular formula is C25H37N5O5. The molecule has 1 unspecified atom stereocenters. The molecule has 10 heteroatoms. The lowest BCUT2D eigenvalue weighted by atomic mass is 9.94. The predicted molar refractivity (Wildman–Crippen MR) is 131 cm³/mol. The highest BCUT2D eigenvalue weighted by Gasteiger charge is 2.31. The molecule has 1 aliphatic carbocycles. The van der Waals surface area contributed by atoms with E-state index < -0.39 is 17.3 Å². The van der Waals surface area contributed by atoms with Crippen molar-refractivity contribution in [1.82, 2.24) is 24.4 Å². The number of nitrogens with zero attached hydrogens (tertiary/aromatic N) is 4. The summed E-state index contributed by atoms with van der Waals surface area (Å²) in [5.41, 5.74) is 0.425. The average molecular weight is 488 g/mol. The zero-order valence-corrected chi connectivity index (χ0v) is 21.3. The van der Waals surface area contributed by atoms with Gasteiger partial charge in [0.1, 0.15) is 11.8 Å². The molecular weight excluding hydrogens is 450 g/mol.